The van der Waals surface area contributed by atoms with Gasteiger partial charge in [0.05, 0.1) is 6.04 Å². The monoisotopic (exact) mass is 290 g/mol. The van der Waals surface area contributed by atoms with Crippen LogP contribution >= 0.6 is 0 Å². The molecule has 1 aromatic carbocycles. The highest BCUT2D eigenvalue weighted by molar-refractivity contribution is 5.94. The molecule has 0 bridgehead atoms. The molecule has 116 valence electrons. The minimum Gasteiger partial charge on any atom is -0.318 e. The van der Waals surface area contributed by atoms with E-state index in [1.807, 2.05) is 44.2 Å². The summed E-state index contributed by atoms with van der Waals surface area (Å²) >= 11 is 0. The van der Waals surface area contributed by atoms with E-state index in [1.165, 1.54) is 4.90 Å². The molecule has 1 atom stereocenters. The van der Waals surface area contributed by atoms with Crippen LogP contribution in [0.15, 0.2) is 30.3 Å². The van der Waals surface area contributed by atoms with Gasteiger partial charge in [0.25, 0.3) is 0 Å². The first-order chi connectivity index (χ1) is 9.82. The van der Waals surface area contributed by atoms with Crippen molar-refractivity contribution < 1.29 is 9.59 Å². The molecular formula is C17H26N2O2. The van der Waals surface area contributed by atoms with Crippen LogP contribution in [0, 0.1) is 11.8 Å². The van der Waals surface area contributed by atoms with Crippen LogP contribution < -0.4 is 5.32 Å². The number of carbonyl (C=O) groups is 2. The number of nitrogens with zero attached hydrogens (tertiary/aromatic N) is 1. The molecule has 0 aromatic heterocycles. The number of rotatable bonds is 6. The van der Waals surface area contributed by atoms with Crippen LogP contribution in [0.2, 0.25) is 0 Å². The van der Waals surface area contributed by atoms with Crippen LogP contribution in [0.3, 0.4) is 0 Å². The second-order valence-corrected chi connectivity index (χ2v) is 6.11. The Morgan fingerprint density at radius 2 is 1.67 bits per heavy atom. The fraction of sp³-hybridized carbons (Fsp3) is 0.529. The van der Waals surface area contributed by atoms with Crippen molar-refractivity contribution in [2.75, 3.05) is 12.4 Å². The number of ketones is 1. The van der Waals surface area contributed by atoms with E-state index in [1.54, 1.807) is 7.05 Å². The minimum absolute atomic E-state index is 0.0827. The van der Waals surface area contributed by atoms with Crippen LogP contribution in [-0.2, 0) is 4.79 Å². The summed E-state index contributed by atoms with van der Waals surface area (Å²) in [6, 6.07) is 8.64. The van der Waals surface area contributed by atoms with Gasteiger partial charge in [-0.2, -0.15) is 0 Å². The molecule has 4 heteroatoms. The number of likely N-dealkylation sites (N-methyl/N-ethyl adjacent to an activating group) is 1. The zero-order valence-electron chi connectivity index (χ0n) is 13.6. The number of carbonyl (C=O) groups excluding carboxylic acids is 2. The van der Waals surface area contributed by atoms with E-state index >= 15 is 0 Å². The first kappa shape index (κ1) is 17.2. The molecular weight excluding hydrogens is 264 g/mol. The van der Waals surface area contributed by atoms with Crippen molar-refractivity contribution >= 4 is 17.5 Å². The molecule has 0 aliphatic heterocycles. The summed E-state index contributed by atoms with van der Waals surface area (Å²) in [6.07, 6.45) is 0.676. The average Bonchev–Trinajstić information content (AvgIpc) is 2.44. The summed E-state index contributed by atoms with van der Waals surface area (Å²) in [4.78, 5) is 26.2. The molecule has 0 radical (unpaired) electrons. The molecule has 1 N–H and O–H groups in total. The number of Topliss-reactive ketones (excluding diaryl/α,β-unsaturated/α-hetero) is 1. The molecule has 0 heterocycles. The second-order valence-electron chi connectivity index (χ2n) is 6.11. The third-order valence-electron chi connectivity index (χ3n) is 3.41. The Hall–Kier alpha value is -1.84. The smallest absolute Gasteiger partial charge is 0.318 e. The van der Waals surface area contributed by atoms with Crippen molar-refractivity contribution in [2.24, 2.45) is 11.8 Å². The molecule has 0 fully saturated rings. The first-order valence-corrected chi connectivity index (χ1v) is 7.45. The van der Waals surface area contributed by atoms with Crippen molar-refractivity contribution in [3.05, 3.63) is 30.3 Å². The van der Waals surface area contributed by atoms with Crippen molar-refractivity contribution in [1.82, 2.24) is 4.90 Å². The number of hydrogen-bond acceptors (Lipinski definition) is 2. The van der Waals surface area contributed by atoms with Crippen molar-refractivity contribution in [3.63, 3.8) is 0 Å². The van der Waals surface area contributed by atoms with E-state index in [0.717, 1.165) is 5.69 Å². The van der Waals surface area contributed by atoms with Gasteiger partial charge in [-0.05, 0) is 24.5 Å². The Kier molecular flexibility index (Phi) is 6.40. The number of anilines is 1. The zero-order valence-corrected chi connectivity index (χ0v) is 13.6. The molecule has 0 aliphatic rings. The normalized spacial score (nSPS) is 12.3. The Morgan fingerprint density at radius 1 is 1.10 bits per heavy atom. The maximum Gasteiger partial charge on any atom is 0.322 e. The van der Waals surface area contributed by atoms with Gasteiger partial charge in [-0.1, -0.05) is 45.9 Å². The first-order valence-electron chi connectivity index (χ1n) is 7.45. The SMILES string of the molecule is CC(C)C[C@H](C(=O)C(C)C)N(C)C(=O)Nc1ccccc1. The molecule has 0 spiro atoms. The Labute approximate surface area is 127 Å². The number of para-hydroxylation sites is 1. The number of benzene rings is 1. The lowest BCUT2D eigenvalue weighted by atomic mass is 9.93. The predicted molar refractivity (Wildman–Crippen MR) is 86.3 cm³/mol. The van der Waals surface area contributed by atoms with Crippen LogP contribution in [-0.4, -0.2) is 29.8 Å². The van der Waals surface area contributed by atoms with Gasteiger partial charge in [-0.25, -0.2) is 4.79 Å². The lowest BCUT2D eigenvalue weighted by molar-refractivity contribution is -0.126. The molecule has 0 saturated carbocycles. The highest BCUT2D eigenvalue weighted by Gasteiger charge is 2.29. The van der Waals surface area contributed by atoms with Gasteiger partial charge in [0.15, 0.2) is 5.78 Å². The molecule has 0 saturated heterocycles. The Bertz CT molecular complexity index is 469. The fourth-order valence-corrected chi connectivity index (χ4v) is 2.17. The van der Waals surface area contributed by atoms with E-state index < -0.39 is 0 Å². The van der Waals surface area contributed by atoms with Crippen molar-refractivity contribution in [1.29, 1.82) is 0 Å². The Balaban J connectivity index is 2.81. The number of urea groups is 1. The lowest BCUT2D eigenvalue weighted by Crippen LogP contribution is -2.46. The van der Waals surface area contributed by atoms with Gasteiger partial charge in [0, 0.05) is 18.7 Å². The van der Waals surface area contributed by atoms with E-state index in [4.69, 9.17) is 0 Å². The maximum absolute atomic E-state index is 12.4. The van der Waals surface area contributed by atoms with Crippen LogP contribution in [0.1, 0.15) is 34.1 Å². The third-order valence-corrected chi connectivity index (χ3v) is 3.41. The topological polar surface area (TPSA) is 49.4 Å². The molecule has 2 amide bonds. The average molecular weight is 290 g/mol. The van der Waals surface area contributed by atoms with Crippen LogP contribution in [0.4, 0.5) is 10.5 Å². The van der Waals surface area contributed by atoms with Crippen LogP contribution in [0.25, 0.3) is 0 Å². The van der Waals surface area contributed by atoms with Crippen LogP contribution in [0.5, 0.6) is 0 Å². The van der Waals surface area contributed by atoms with Gasteiger partial charge in [-0.15, -0.1) is 0 Å². The van der Waals surface area contributed by atoms with Gasteiger partial charge < -0.3 is 10.2 Å². The van der Waals surface area contributed by atoms with Gasteiger partial charge in [0.2, 0.25) is 0 Å². The molecule has 4 nitrogen and oxygen atoms in total. The largest absolute Gasteiger partial charge is 0.322 e. The van der Waals surface area contributed by atoms with Gasteiger partial charge in [-0.3, -0.25) is 4.79 Å². The maximum atomic E-state index is 12.4. The molecule has 1 aromatic rings. The molecule has 0 aliphatic carbocycles. The van der Waals surface area contributed by atoms with E-state index in [9.17, 15) is 9.59 Å². The molecule has 21 heavy (non-hydrogen) atoms. The summed E-state index contributed by atoms with van der Waals surface area (Å²) in [5.74, 6) is 0.375. The van der Waals surface area contributed by atoms with E-state index in [-0.39, 0.29) is 23.8 Å². The fourth-order valence-electron chi connectivity index (χ4n) is 2.17. The Morgan fingerprint density at radius 3 is 2.14 bits per heavy atom. The highest BCUT2D eigenvalue weighted by Crippen LogP contribution is 2.17. The second kappa shape index (κ2) is 7.81. The summed E-state index contributed by atoms with van der Waals surface area (Å²) in [5.41, 5.74) is 0.731. The standard InChI is InChI=1S/C17H26N2O2/c1-12(2)11-15(16(20)13(3)4)19(5)17(21)18-14-9-7-6-8-10-14/h6-10,12-13,15H,11H2,1-5H3,(H,18,21)/t15-/m1/s1. The molecule has 1 rings (SSSR count). The highest BCUT2D eigenvalue weighted by atomic mass is 16.2. The van der Waals surface area contributed by atoms with Gasteiger partial charge in [0.1, 0.15) is 0 Å². The van der Waals surface area contributed by atoms with E-state index in [2.05, 4.69) is 19.2 Å². The number of amides is 2. The van der Waals surface area contributed by atoms with Gasteiger partial charge >= 0.3 is 6.03 Å². The summed E-state index contributed by atoms with van der Waals surface area (Å²) < 4.78 is 0. The number of hydrogen-bond donors (Lipinski definition) is 1. The summed E-state index contributed by atoms with van der Waals surface area (Å²) in [6.45, 7) is 7.87. The van der Waals surface area contributed by atoms with E-state index in [0.29, 0.717) is 12.3 Å². The number of nitrogens with one attached hydrogen (secondary N) is 1. The summed E-state index contributed by atoms with van der Waals surface area (Å²) in [5, 5.41) is 2.82. The minimum atomic E-state index is -0.381. The summed E-state index contributed by atoms with van der Waals surface area (Å²) in [7, 11) is 1.69. The molecule has 0 unspecified atom stereocenters. The quantitative estimate of drug-likeness (QED) is 0.866. The predicted octanol–water partition coefficient (Wildman–Crippen LogP) is 3.79. The third kappa shape index (κ3) is 5.21. The zero-order chi connectivity index (χ0) is 16.0. The van der Waals surface area contributed by atoms with Crippen molar-refractivity contribution in [3.8, 4) is 0 Å². The lowest BCUT2D eigenvalue weighted by Gasteiger charge is -2.29. The van der Waals surface area contributed by atoms with Crippen molar-refractivity contribution in [2.45, 2.75) is 40.2 Å².